The lowest BCUT2D eigenvalue weighted by atomic mass is 10.1. The van der Waals surface area contributed by atoms with Crippen LogP contribution in [0.3, 0.4) is 0 Å². The smallest absolute Gasteiger partial charge is 0.280 e. The number of thiazole rings is 1. The number of hydrogen-bond donors (Lipinski definition) is 1. The molecule has 0 saturated carbocycles. The van der Waals surface area contributed by atoms with Gasteiger partial charge in [-0.1, -0.05) is 15.9 Å². The van der Waals surface area contributed by atoms with E-state index in [0.29, 0.717) is 37.3 Å². The van der Waals surface area contributed by atoms with Crippen LogP contribution in [-0.2, 0) is 11.3 Å². The van der Waals surface area contributed by atoms with Gasteiger partial charge in [0.25, 0.3) is 5.91 Å². The van der Waals surface area contributed by atoms with E-state index in [2.05, 4.69) is 20.9 Å². The van der Waals surface area contributed by atoms with Gasteiger partial charge in [0.2, 0.25) is 5.88 Å². The number of ether oxygens (including phenoxy) is 1. The average molecular weight is 399 g/mol. The molecule has 0 atom stereocenters. The fraction of sp³-hybridized carbons (Fsp3) is 0.214. The molecular weight excluding hydrogens is 388 g/mol. The number of nitrogens with zero attached hydrogens (tertiary/aromatic N) is 2. The van der Waals surface area contributed by atoms with Gasteiger partial charge in [-0.25, -0.2) is 4.99 Å². The molecule has 1 amide bonds. The highest BCUT2D eigenvalue weighted by Gasteiger charge is 2.26. The van der Waals surface area contributed by atoms with Crippen molar-refractivity contribution in [3.63, 3.8) is 0 Å². The van der Waals surface area contributed by atoms with Gasteiger partial charge in [0.05, 0.1) is 12.7 Å². The maximum Gasteiger partial charge on any atom is 0.280 e. The normalized spacial score (nSPS) is 13.2. The van der Waals surface area contributed by atoms with Gasteiger partial charge in [-0.3, -0.25) is 9.36 Å². The van der Waals surface area contributed by atoms with Crippen LogP contribution in [0.15, 0.2) is 21.6 Å². The first-order valence-corrected chi connectivity index (χ1v) is 8.43. The molecule has 1 N–H and O–H groups in total. The Morgan fingerprint density at radius 1 is 1.50 bits per heavy atom. The first-order valence-electron chi connectivity index (χ1n) is 6.41. The fourth-order valence-corrected chi connectivity index (χ4v) is 4.27. The van der Waals surface area contributed by atoms with Gasteiger partial charge in [-0.2, -0.15) is 0 Å². The summed E-state index contributed by atoms with van der Waals surface area (Å²) in [5, 5.41) is 11.5. The molecule has 0 spiro atoms. The number of aromatic hydroxyl groups is 1. The molecule has 1 aliphatic rings. The maximum absolute atomic E-state index is 12.3. The summed E-state index contributed by atoms with van der Waals surface area (Å²) >= 11 is 9.84. The van der Waals surface area contributed by atoms with Gasteiger partial charge >= 0.3 is 0 Å². The molecule has 0 aliphatic carbocycles. The number of benzene rings is 1. The predicted octanol–water partition coefficient (Wildman–Crippen LogP) is 2.13. The summed E-state index contributed by atoms with van der Waals surface area (Å²) < 4.78 is 8.15. The van der Waals surface area contributed by atoms with Crippen molar-refractivity contribution in [2.45, 2.75) is 13.5 Å². The summed E-state index contributed by atoms with van der Waals surface area (Å²) in [7, 11) is 1.52. The standard InChI is InChI=1S/C14H11BrN2O3S2/c1-3-17-13(19)11(22-14(17)21)9-7-4-6(15)5-8(20-2)10(7)16-12(9)18/h4-5,19H,3H2,1-2H3. The molecule has 0 saturated heterocycles. The van der Waals surface area contributed by atoms with Crippen LogP contribution in [0.25, 0.3) is 5.57 Å². The zero-order valence-corrected chi connectivity index (χ0v) is 14.9. The van der Waals surface area contributed by atoms with E-state index in [1.54, 1.807) is 16.7 Å². The second-order valence-electron chi connectivity index (χ2n) is 4.56. The third-order valence-electron chi connectivity index (χ3n) is 3.37. The fourth-order valence-electron chi connectivity index (χ4n) is 2.37. The minimum Gasteiger partial charge on any atom is -0.494 e. The van der Waals surface area contributed by atoms with E-state index < -0.39 is 5.91 Å². The number of amides is 1. The Kier molecular flexibility index (Phi) is 3.92. The third-order valence-corrected chi connectivity index (χ3v) is 5.28. The molecule has 2 aromatic rings. The van der Waals surface area contributed by atoms with Crippen LogP contribution in [0.2, 0.25) is 0 Å². The number of fused-ring (bicyclic) bond motifs is 1. The van der Waals surface area contributed by atoms with E-state index in [1.165, 1.54) is 18.4 Å². The minimum atomic E-state index is -0.402. The number of aromatic nitrogens is 1. The molecule has 8 heteroatoms. The number of methoxy groups -OCH3 is 1. The molecule has 0 bridgehead atoms. The van der Waals surface area contributed by atoms with Gasteiger partial charge in [0.15, 0.2) is 3.95 Å². The summed E-state index contributed by atoms with van der Waals surface area (Å²) in [4.78, 5) is 16.9. The summed E-state index contributed by atoms with van der Waals surface area (Å²) in [5.74, 6) is 0.106. The van der Waals surface area contributed by atoms with Gasteiger partial charge in [-0.15, -0.1) is 11.3 Å². The summed E-state index contributed by atoms with van der Waals surface area (Å²) in [6, 6.07) is 3.54. The molecule has 1 aliphatic heterocycles. The second kappa shape index (κ2) is 5.60. The number of carbonyl (C=O) groups excluding carboxylic acids is 1. The highest BCUT2D eigenvalue weighted by molar-refractivity contribution is 9.10. The Hall–Kier alpha value is -1.51. The minimum absolute atomic E-state index is 0.00263. The van der Waals surface area contributed by atoms with Gasteiger partial charge < -0.3 is 9.84 Å². The summed E-state index contributed by atoms with van der Waals surface area (Å²) in [5.41, 5.74) is 0.357. The van der Waals surface area contributed by atoms with Crippen LogP contribution in [0.5, 0.6) is 11.6 Å². The number of rotatable bonds is 3. The van der Waals surface area contributed by atoms with Crippen molar-refractivity contribution in [2.24, 2.45) is 4.99 Å². The first kappa shape index (κ1) is 15.4. The lowest BCUT2D eigenvalue weighted by molar-refractivity contribution is -0.112. The van der Waals surface area contributed by atoms with Gasteiger partial charge in [0.1, 0.15) is 16.0 Å². The van der Waals surface area contributed by atoms with E-state index >= 15 is 0 Å². The van der Waals surface area contributed by atoms with E-state index in [4.69, 9.17) is 17.0 Å². The van der Waals surface area contributed by atoms with Crippen molar-refractivity contribution in [3.8, 4) is 11.6 Å². The van der Waals surface area contributed by atoms with Crippen LogP contribution < -0.4 is 15.3 Å². The van der Waals surface area contributed by atoms with E-state index in [0.717, 1.165) is 4.47 Å². The Labute approximate surface area is 143 Å². The monoisotopic (exact) mass is 398 g/mol. The molecule has 0 fully saturated rings. The quantitative estimate of drug-likeness (QED) is 0.804. The van der Waals surface area contributed by atoms with Crippen LogP contribution >= 0.6 is 39.5 Å². The molecule has 22 heavy (non-hydrogen) atoms. The Balaban J connectivity index is 2.43. The average Bonchev–Trinajstić information content (AvgIpc) is 2.94. The van der Waals surface area contributed by atoms with E-state index in [9.17, 15) is 9.90 Å². The molecule has 5 nitrogen and oxygen atoms in total. The highest BCUT2D eigenvalue weighted by Crippen LogP contribution is 2.32. The van der Waals surface area contributed by atoms with Gasteiger partial charge in [-0.05, 0) is 31.3 Å². The zero-order valence-electron chi connectivity index (χ0n) is 11.7. The highest BCUT2D eigenvalue weighted by atomic mass is 79.9. The Bertz CT molecular complexity index is 975. The Morgan fingerprint density at radius 2 is 2.23 bits per heavy atom. The lowest BCUT2D eigenvalue weighted by Gasteiger charge is -2.02. The number of halogens is 1. The molecule has 0 radical (unpaired) electrons. The largest absolute Gasteiger partial charge is 0.494 e. The third kappa shape index (κ3) is 2.22. The van der Waals surface area contributed by atoms with Crippen molar-refractivity contribution in [2.75, 3.05) is 7.11 Å². The number of carbonyl (C=O) groups is 1. The molecule has 3 rings (SSSR count). The molecular formula is C14H11BrN2O3S2. The second-order valence-corrected chi connectivity index (χ2v) is 7.12. The van der Waals surface area contributed by atoms with Crippen molar-refractivity contribution in [1.29, 1.82) is 0 Å². The van der Waals surface area contributed by atoms with Crippen molar-refractivity contribution in [3.05, 3.63) is 36.0 Å². The SMILES string of the molecule is CCn1c(O)c(C2=c3cc(Br)cc(OC)c3=NC2=O)sc1=S. The molecule has 1 aromatic heterocycles. The van der Waals surface area contributed by atoms with E-state index in [-0.39, 0.29) is 5.88 Å². The summed E-state index contributed by atoms with van der Waals surface area (Å²) in [6.07, 6.45) is 0. The van der Waals surface area contributed by atoms with Crippen LogP contribution in [0, 0.1) is 3.95 Å². The van der Waals surface area contributed by atoms with Crippen molar-refractivity contribution in [1.82, 2.24) is 4.57 Å². The lowest BCUT2D eigenvalue weighted by Crippen LogP contribution is -2.25. The predicted molar refractivity (Wildman–Crippen MR) is 89.5 cm³/mol. The zero-order chi connectivity index (χ0) is 16.0. The molecule has 2 heterocycles. The first-order chi connectivity index (χ1) is 10.5. The summed E-state index contributed by atoms with van der Waals surface area (Å²) in [6.45, 7) is 2.42. The van der Waals surface area contributed by atoms with Crippen LogP contribution in [0.4, 0.5) is 0 Å². The topological polar surface area (TPSA) is 63.8 Å². The maximum atomic E-state index is 12.3. The molecule has 114 valence electrons. The number of hydrogen-bond acceptors (Lipinski definition) is 5. The van der Waals surface area contributed by atoms with Crippen LogP contribution in [-0.4, -0.2) is 22.7 Å². The van der Waals surface area contributed by atoms with E-state index in [1.807, 2.05) is 6.92 Å². The Morgan fingerprint density at radius 3 is 2.82 bits per heavy atom. The van der Waals surface area contributed by atoms with Gasteiger partial charge in [0, 0.05) is 16.2 Å². The van der Waals surface area contributed by atoms with Crippen molar-refractivity contribution >= 4 is 51.0 Å². The van der Waals surface area contributed by atoms with Crippen LogP contribution in [0.1, 0.15) is 11.8 Å². The molecule has 0 unspecified atom stereocenters. The van der Waals surface area contributed by atoms with Crippen molar-refractivity contribution < 1.29 is 14.6 Å². The molecule has 1 aromatic carbocycles.